The minimum Gasteiger partial charge on any atom is -0.582 e. The lowest BCUT2D eigenvalue weighted by Gasteiger charge is -1.93. The molecular formula is C4H11NO. The molecule has 0 spiro atoms. The second-order valence-corrected chi connectivity index (χ2v) is 1.09. The second-order valence-electron chi connectivity index (χ2n) is 1.09. The van der Waals surface area contributed by atoms with Gasteiger partial charge in [-0.2, -0.15) is 0 Å². The summed E-state index contributed by atoms with van der Waals surface area (Å²) in [6, 6.07) is 0. The van der Waals surface area contributed by atoms with Crippen molar-refractivity contribution in [3.05, 3.63) is 7.11 Å². The van der Waals surface area contributed by atoms with Crippen LogP contribution in [0.25, 0.3) is 0 Å². The monoisotopic (exact) mass is 89.1 g/mol. The van der Waals surface area contributed by atoms with Crippen LogP contribution in [0, 0.1) is 7.11 Å². The quantitative estimate of drug-likeness (QED) is 0.286. The number of rotatable bonds is 3. The van der Waals surface area contributed by atoms with Crippen molar-refractivity contribution in [1.82, 2.24) is 0 Å². The van der Waals surface area contributed by atoms with Crippen LogP contribution >= 0.6 is 0 Å². The fourth-order valence-electron chi connectivity index (χ4n) is 0.203. The molecule has 0 aromatic rings. The standard InChI is InChI=1S/C4H11NO/c1-6-4-2-3-5/h6H,1-5H2. The summed E-state index contributed by atoms with van der Waals surface area (Å²) in [6.45, 7) is 1.52. The molecule has 3 N–H and O–H groups in total. The third-order valence-corrected chi connectivity index (χ3v) is 0.520. The highest BCUT2D eigenvalue weighted by Crippen LogP contribution is 1.68. The van der Waals surface area contributed by atoms with Crippen molar-refractivity contribution in [3.63, 3.8) is 0 Å². The molecule has 2 heteroatoms. The highest BCUT2D eigenvalue weighted by atomic mass is 16.5. The Balaban J connectivity index is 2.34. The minimum absolute atomic E-state index is 0.721. The summed E-state index contributed by atoms with van der Waals surface area (Å²) < 4.78 is 3.60. The molecule has 0 radical (unpaired) electrons. The highest BCUT2D eigenvalue weighted by molar-refractivity contribution is 4.31. The first-order valence-electron chi connectivity index (χ1n) is 2.04. The van der Waals surface area contributed by atoms with E-state index in [1.165, 1.54) is 0 Å². The van der Waals surface area contributed by atoms with Crippen LogP contribution in [0.15, 0.2) is 0 Å². The van der Waals surface area contributed by atoms with Crippen LogP contribution in [-0.4, -0.2) is 17.9 Å². The molecule has 0 aliphatic carbocycles. The molecule has 0 unspecified atom stereocenters. The maximum atomic E-state index is 5.13. The topological polar surface area (TPSA) is 38.8 Å². The van der Waals surface area contributed by atoms with Crippen LogP contribution in [0.4, 0.5) is 0 Å². The van der Waals surface area contributed by atoms with Crippen LogP contribution in [0.1, 0.15) is 6.42 Å². The molecule has 0 aromatic carbocycles. The van der Waals surface area contributed by atoms with Gasteiger partial charge in [0.2, 0.25) is 0 Å². The molecule has 38 valence electrons. The van der Waals surface area contributed by atoms with Crippen molar-refractivity contribution in [1.29, 1.82) is 0 Å². The van der Waals surface area contributed by atoms with Gasteiger partial charge >= 0.3 is 0 Å². The van der Waals surface area contributed by atoms with E-state index in [0.717, 1.165) is 19.6 Å². The summed E-state index contributed by atoms with van der Waals surface area (Å²) in [5.41, 5.74) is 5.13. The van der Waals surface area contributed by atoms with Gasteiger partial charge in [-0.05, 0) is 6.54 Å². The average molecular weight is 89.1 g/mol. The van der Waals surface area contributed by atoms with E-state index in [0.29, 0.717) is 0 Å². The third kappa shape index (κ3) is 3.92. The summed E-state index contributed by atoms with van der Waals surface area (Å²) in [5, 5.41) is 0. The fraction of sp³-hybridized carbons (Fsp3) is 0.750. The lowest BCUT2D eigenvalue weighted by Crippen LogP contribution is -2.03. The Hall–Kier alpha value is -0.0800. The van der Waals surface area contributed by atoms with E-state index in [4.69, 9.17) is 5.73 Å². The molecule has 0 heterocycles. The Morgan fingerprint density at radius 1 is 1.67 bits per heavy atom. The normalized spacial score (nSPS) is 9.00. The zero-order valence-corrected chi connectivity index (χ0v) is 3.85. The van der Waals surface area contributed by atoms with Crippen molar-refractivity contribution in [3.8, 4) is 0 Å². The highest BCUT2D eigenvalue weighted by Gasteiger charge is 1.75. The van der Waals surface area contributed by atoms with E-state index in [2.05, 4.69) is 11.8 Å². The van der Waals surface area contributed by atoms with Crippen LogP contribution in [-0.2, 0) is 0 Å². The fourth-order valence-corrected chi connectivity index (χ4v) is 0.203. The van der Waals surface area contributed by atoms with Crippen LogP contribution in [0.3, 0.4) is 0 Å². The van der Waals surface area contributed by atoms with Gasteiger partial charge < -0.3 is 10.5 Å². The maximum Gasteiger partial charge on any atom is 0.120 e. The Bertz CT molecular complexity index is 19.5. The molecule has 0 amide bonds. The van der Waals surface area contributed by atoms with Crippen LogP contribution < -0.4 is 5.73 Å². The number of nitrogens with two attached hydrogens (primary N) is 1. The molecule has 0 aromatic heterocycles. The SMILES string of the molecule is [CH2-][OH+]CCCN. The van der Waals surface area contributed by atoms with Crippen molar-refractivity contribution in [2.45, 2.75) is 6.42 Å². The van der Waals surface area contributed by atoms with Crippen molar-refractivity contribution >= 4 is 0 Å². The van der Waals surface area contributed by atoms with Crippen molar-refractivity contribution in [2.24, 2.45) is 5.73 Å². The van der Waals surface area contributed by atoms with E-state index >= 15 is 0 Å². The Morgan fingerprint density at radius 2 is 2.33 bits per heavy atom. The molecule has 0 saturated carbocycles. The predicted molar refractivity (Wildman–Crippen MR) is 26.1 cm³/mol. The molecule has 0 saturated heterocycles. The number of hydrogen-bond donors (Lipinski definition) is 1. The van der Waals surface area contributed by atoms with Crippen LogP contribution in [0.5, 0.6) is 0 Å². The van der Waals surface area contributed by atoms with Gasteiger partial charge in [-0.3, -0.25) is 0 Å². The molecule has 0 aliphatic heterocycles. The molecule has 0 bridgehead atoms. The average Bonchev–Trinajstić information content (AvgIpc) is 1.61. The van der Waals surface area contributed by atoms with Gasteiger partial charge in [0.15, 0.2) is 0 Å². The first-order chi connectivity index (χ1) is 2.91. The first kappa shape index (κ1) is 5.92. The Labute approximate surface area is 38.3 Å². The molecule has 6 heavy (non-hydrogen) atoms. The van der Waals surface area contributed by atoms with Crippen LogP contribution in [0.2, 0.25) is 0 Å². The Kier molecular flexibility index (Phi) is 4.85. The van der Waals surface area contributed by atoms with Gasteiger partial charge in [0.25, 0.3) is 0 Å². The predicted octanol–water partition coefficient (Wildman–Crippen LogP) is -0.345. The lowest BCUT2D eigenvalue weighted by atomic mass is 10.5. The smallest absolute Gasteiger partial charge is 0.120 e. The molecule has 2 nitrogen and oxygen atoms in total. The first-order valence-corrected chi connectivity index (χ1v) is 2.04. The van der Waals surface area contributed by atoms with Gasteiger partial charge in [-0.25, -0.2) is 0 Å². The van der Waals surface area contributed by atoms with E-state index in [-0.39, 0.29) is 0 Å². The minimum atomic E-state index is 0.721. The van der Waals surface area contributed by atoms with E-state index in [1.807, 2.05) is 0 Å². The third-order valence-electron chi connectivity index (χ3n) is 0.520. The summed E-state index contributed by atoms with van der Waals surface area (Å²) in [5.74, 6) is 0. The zero-order valence-electron chi connectivity index (χ0n) is 3.85. The number of aliphatic hydroxyl groups is 2. The summed E-state index contributed by atoms with van der Waals surface area (Å²) in [7, 11) is 3.29. The van der Waals surface area contributed by atoms with Crippen molar-refractivity contribution in [2.75, 3.05) is 13.2 Å². The lowest BCUT2D eigenvalue weighted by molar-refractivity contribution is 0.0556. The van der Waals surface area contributed by atoms with E-state index in [1.54, 1.807) is 0 Å². The molecular weight excluding hydrogens is 78.0 g/mol. The summed E-state index contributed by atoms with van der Waals surface area (Å²) in [6.07, 6.45) is 0.962. The summed E-state index contributed by atoms with van der Waals surface area (Å²) >= 11 is 0. The van der Waals surface area contributed by atoms with Crippen molar-refractivity contribution < 1.29 is 4.74 Å². The number of ether oxygens (including phenoxy) is 1. The maximum absolute atomic E-state index is 5.13. The van der Waals surface area contributed by atoms with Gasteiger partial charge in [0.1, 0.15) is 6.61 Å². The van der Waals surface area contributed by atoms with Gasteiger partial charge in [-0.15, -0.1) is 0 Å². The zero-order chi connectivity index (χ0) is 4.83. The second kappa shape index (κ2) is 4.92. The number of hydrogen-bond acceptors (Lipinski definition) is 1. The van der Waals surface area contributed by atoms with E-state index < -0.39 is 0 Å². The molecule has 0 aliphatic rings. The molecule has 0 rings (SSSR count). The van der Waals surface area contributed by atoms with Gasteiger partial charge in [0.05, 0.1) is 0 Å². The van der Waals surface area contributed by atoms with E-state index in [9.17, 15) is 0 Å². The molecule has 0 atom stereocenters. The molecule has 0 fully saturated rings. The van der Waals surface area contributed by atoms with Gasteiger partial charge in [-0.1, -0.05) is 7.11 Å². The Morgan fingerprint density at radius 3 is 2.50 bits per heavy atom. The summed E-state index contributed by atoms with van der Waals surface area (Å²) in [4.78, 5) is 0. The largest absolute Gasteiger partial charge is 0.582 e. The van der Waals surface area contributed by atoms with Gasteiger partial charge in [0, 0.05) is 6.42 Å².